The van der Waals surface area contributed by atoms with Crippen LogP contribution in [0.2, 0.25) is 0 Å². The Bertz CT molecular complexity index is 186. The Kier molecular flexibility index (Phi) is 5.00. The molecule has 94 valence electrons. The van der Waals surface area contributed by atoms with Crippen molar-refractivity contribution in [1.82, 2.24) is 0 Å². The highest BCUT2D eigenvalue weighted by Crippen LogP contribution is 2.41. The fraction of sp³-hybridized carbons (Fsp3) is 1.00. The zero-order valence-electron chi connectivity index (χ0n) is 10.8. The van der Waals surface area contributed by atoms with E-state index in [0.717, 1.165) is 17.8 Å². The summed E-state index contributed by atoms with van der Waals surface area (Å²) in [6.45, 7) is 2.33. The molecular weight excluding hydrogens is 216 g/mol. The van der Waals surface area contributed by atoms with Gasteiger partial charge in [-0.15, -0.1) is 11.6 Å². The summed E-state index contributed by atoms with van der Waals surface area (Å²) >= 11 is 6.19. The maximum atomic E-state index is 6.19. The first-order valence-corrected chi connectivity index (χ1v) is 7.87. The Morgan fingerprint density at radius 3 is 1.81 bits per heavy atom. The van der Waals surface area contributed by atoms with E-state index in [4.69, 9.17) is 11.6 Å². The monoisotopic (exact) mass is 242 g/mol. The molecule has 0 aromatic heterocycles. The minimum absolute atomic E-state index is 0.493. The first kappa shape index (κ1) is 12.7. The second-order valence-electron chi connectivity index (χ2n) is 6.08. The summed E-state index contributed by atoms with van der Waals surface area (Å²) in [5.41, 5.74) is 0. The third-order valence-electron chi connectivity index (χ3n) is 4.96. The topological polar surface area (TPSA) is 0 Å². The predicted molar refractivity (Wildman–Crippen MR) is 72.0 cm³/mol. The fourth-order valence-corrected chi connectivity index (χ4v) is 4.16. The Balaban J connectivity index is 1.72. The van der Waals surface area contributed by atoms with Gasteiger partial charge in [-0.3, -0.25) is 0 Å². The van der Waals surface area contributed by atoms with E-state index in [1.165, 1.54) is 64.2 Å². The highest BCUT2D eigenvalue weighted by Gasteiger charge is 2.29. The van der Waals surface area contributed by atoms with Crippen LogP contribution < -0.4 is 0 Å². The van der Waals surface area contributed by atoms with Gasteiger partial charge in [0.2, 0.25) is 0 Å². The number of alkyl halides is 1. The van der Waals surface area contributed by atoms with Crippen LogP contribution in [0.1, 0.15) is 71.1 Å². The second-order valence-corrected chi connectivity index (χ2v) is 6.70. The van der Waals surface area contributed by atoms with Gasteiger partial charge in [-0.05, 0) is 56.3 Å². The van der Waals surface area contributed by atoms with Crippen molar-refractivity contribution in [1.29, 1.82) is 0 Å². The highest BCUT2D eigenvalue weighted by atomic mass is 35.5. The van der Waals surface area contributed by atoms with Crippen LogP contribution in [0.3, 0.4) is 0 Å². The molecule has 0 unspecified atom stereocenters. The Morgan fingerprint density at radius 2 is 1.31 bits per heavy atom. The van der Waals surface area contributed by atoms with Crippen LogP contribution in [0.4, 0.5) is 0 Å². The molecule has 2 rings (SSSR count). The van der Waals surface area contributed by atoms with E-state index >= 15 is 0 Å². The van der Waals surface area contributed by atoms with E-state index in [2.05, 4.69) is 6.92 Å². The van der Waals surface area contributed by atoms with Gasteiger partial charge in [-0.25, -0.2) is 0 Å². The molecule has 0 aliphatic heterocycles. The summed E-state index contributed by atoms with van der Waals surface area (Å²) in [7, 11) is 0. The van der Waals surface area contributed by atoms with E-state index < -0.39 is 0 Å². The molecule has 0 aromatic carbocycles. The zero-order valence-corrected chi connectivity index (χ0v) is 11.5. The smallest absolute Gasteiger partial charge is 0.0336 e. The molecule has 2 saturated carbocycles. The molecule has 0 saturated heterocycles. The molecule has 0 nitrogen and oxygen atoms in total. The number of halogens is 1. The maximum absolute atomic E-state index is 6.19. The second kappa shape index (κ2) is 6.28. The third kappa shape index (κ3) is 3.39. The van der Waals surface area contributed by atoms with Crippen molar-refractivity contribution in [2.24, 2.45) is 17.8 Å². The molecule has 0 radical (unpaired) electrons. The molecule has 2 fully saturated rings. The van der Waals surface area contributed by atoms with Crippen molar-refractivity contribution >= 4 is 11.6 Å². The van der Waals surface area contributed by atoms with Crippen molar-refractivity contribution in [3.05, 3.63) is 0 Å². The fourth-order valence-electron chi connectivity index (χ4n) is 3.91. The van der Waals surface area contributed by atoms with Gasteiger partial charge in [0, 0.05) is 5.38 Å². The first-order chi connectivity index (χ1) is 7.79. The number of hydrogen-bond acceptors (Lipinski definition) is 0. The normalized spacial score (nSPS) is 40.9. The zero-order chi connectivity index (χ0) is 11.4. The van der Waals surface area contributed by atoms with E-state index in [-0.39, 0.29) is 0 Å². The van der Waals surface area contributed by atoms with Crippen LogP contribution in [0.15, 0.2) is 0 Å². The van der Waals surface area contributed by atoms with Crippen LogP contribution in [0.25, 0.3) is 0 Å². The van der Waals surface area contributed by atoms with Crippen molar-refractivity contribution in [2.75, 3.05) is 0 Å². The Hall–Kier alpha value is 0.290. The summed E-state index contributed by atoms with van der Waals surface area (Å²) in [6.07, 6.45) is 14.3. The number of rotatable bonds is 3. The van der Waals surface area contributed by atoms with Gasteiger partial charge in [-0.2, -0.15) is 0 Å². The lowest BCUT2D eigenvalue weighted by Gasteiger charge is -2.36. The van der Waals surface area contributed by atoms with E-state index in [1.807, 2.05) is 0 Å². The molecule has 0 atom stereocenters. The molecular formula is C15H27Cl. The molecule has 0 amide bonds. The van der Waals surface area contributed by atoms with Crippen molar-refractivity contribution in [3.63, 3.8) is 0 Å². The molecule has 0 spiro atoms. The quantitative estimate of drug-likeness (QED) is 0.582. The summed E-state index contributed by atoms with van der Waals surface area (Å²) in [5.74, 6) is 3.14. The lowest BCUT2D eigenvalue weighted by Crippen LogP contribution is -2.25. The van der Waals surface area contributed by atoms with E-state index in [0.29, 0.717) is 5.38 Å². The minimum atomic E-state index is 0.493. The van der Waals surface area contributed by atoms with Crippen LogP contribution in [-0.4, -0.2) is 5.38 Å². The third-order valence-corrected chi connectivity index (χ3v) is 5.39. The van der Waals surface area contributed by atoms with Gasteiger partial charge in [0.05, 0.1) is 0 Å². The Labute approximate surface area is 106 Å². The largest absolute Gasteiger partial charge is 0.123 e. The summed E-state index contributed by atoms with van der Waals surface area (Å²) in [4.78, 5) is 0. The van der Waals surface area contributed by atoms with Gasteiger partial charge >= 0.3 is 0 Å². The standard InChI is InChI=1S/C15H27Cl/c1-2-3-12-4-6-13(7-5-12)14-8-10-15(16)11-9-14/h12-15H,2-11H2,1H3. The van der Waals surface area contributed by atoms with Gasteiger partial charge in [0.1, 0.15) is 0 Å². The molecule has 0 aromatic rings. The molecule has 0 heterocycles. The molecule has 1 heteroatoms. The maximum Gasteiger partial charge on any atom is 0.0336 e. The van der Waals surface area contributed by atoms with Crippen molar-refractivity contribution < 1.29 is 0 Å². The molecule has 0 N–H and O–H groups in total. The summed E-state index contributed by atoms with van der Waals surface area (Å²) in [6, 6.07) is 0. The highest BCUT2D eigenvalue weighted by molar-refractivity contribution is 6.20. The van der Waals surface area contributed by atoms with Gasteiger partial charge in [0.25, 0.3) is 0 Å². The number of hydrogen-bond donors (Lipinski definition) is 0. The van der Waals surface area contributed by atoms with Crippen LogP contribution >= 0.6 is 11.6 Å². The van der Waals surface area contributed by atoms with Crippen LogP contribution in [0.5, 0.6) is 0 Å². The van der Waals surface area contributed by atoms with Gasteiger partial charge in [0.15, 0.2) is 0 Å². The SMILES string of the molecule is CCCC1CCC(C2CCC(Cl)CC2)CC1. The molecule has 2 aliphatic rings. The minimum Gasteiger partial charge on any atom is -0.123 e. The van der Waals surface area contributed by atoms with Crippen LogP contribution in [0, 0.1) is 17.8 Å². The molecule has 0 bridgehead atoms. The van der Waals surface area contributed by atoms with E-state index in [9.17, 15) is 0 Å². The van der Waals surface area contributed by atoms with E-state index in [1.54, 1.807) is 0 Å². The lowest BCUT2D eigenvalue weighted by molar-refractivity contribution is 0.164. The van der Waals surface area contributed by atoms with Crippen LogP contribution in [-0.2, 0) is 0 Å². The Morgan fingerprint density at radius 1 is 0.812 bits per heavy atom. The predicted octanol–water partition coefficient (Wildman–Crippen LogP) is 5.39. The first-order valence-electron chi connectivity index (χ1n) is 7.43. The average molecular weight is 243 g/mol. The summed E-state index contributed by atoms with van der Waals surface area (Å²) < 4.78 is 0. The molecule has 2 aliphatic carbocycles. The van der Waals surface area contributed by atoms with Gasteiger partial charge < -0.3 is 0 Å². The average Bonchev–Trinajstić information content (AvgIpc) is 2.32. The molecule has 16 heavy (non-hydrogen) atoms. The van der Waals surface area contributed by atoms with Gasteiger partial charge in [-0.1, -0.05) is 32.6 Å². The lowest BCUT2D eigenvalue weighted by atomic mass is 9.70. The van der Waals surface area contributed by atoms with Crippen molar-refractivity contribution in [2.45, 2.75) is 76.5 Å². The van der Waals surface area contributed by atoms with Crippen molar-refractivity contribution in [3.8, 4) is 0 Å². The summed E-state index contributed by atoms with van der Waals surface area (Å²) in [5, 5.41) is 0.493.